The molecule has 3 rings (SSSR count). The van der Waals surface area contributed by atoms with Crippen molar-refractivity contribution in [3.63, 3.8) is 0 Å². The number of carbonyl (C=O) groups excluding carboxylic acids is 1. The van der Waals surface area contributed by atoms with Gasteiger partial charge in [0, 0.05) is 24.7 Å². The number of hydrogen-bond acceptors (Lipinski definition) is 6. The highest BCUT2D eigenvalue weighted by Gasteiger charge is 2.25. The summed E-state index contributed by atoms with van der Waals surface area (Å²) in [5, 5.41) is 0.795. The van der Waals surface area contributed by atoms with E-state index in [1.807, 2.05) is 17.0 Å². The molecule has 1 aliphatic heterocycles. The van der Waals surface area contributed by atoms with Gasteiger partial charge in [-0.05, 0) is 18.2 Å². The number of rotatable bonds is 3. The SMILES string of the molecule is COc1ccc2ncc(C=O)c(N3CCS(=O)(=O)CC3)c2c1. The van der Waals surface area contributed by atoms with Gasteiger partial charge in [0.05, 0.1) is 35.4 Å². The maximum atomic E-state index is 11.6. The highest BCUT2D eigenvalue weighted by molar-refractivity contribution is 7.91. The van der Waals surface area contributed by atoms with Crippen LogP contribution in [0.5, 0.6) is 5.75 Å². The molecule has 116 valence electrons. The number of hydrogen-bond donors (Lipinski definition) is 0. The van der Waals surface area contributed by atoms with Gasteiger partial charge in [-0.3, -0.25) is 9.78 Å². The number of ether oxygens (including phenoxy) is 1. The van der Waals surface area contributed by atoms with E-state index in [1.54, 1.807) is 13.2 Å². The molecule has 2 heterocycles. The number of anilines is 1. The van der Waals surface area contributed by atoms with Crippen LogP contribution in [0.3, 0.4) is 0 Å². The number of sulfone groups is 1. The highest BCUT2D eigenvalue weighted by Crippen LogP contribution is 2.32. The lowest BCUT2D eigenvalue weighted by Crippen LogP contribution is -2.40. The van der Waals surface area contributed by atoms with E-state index in [-0.39, 0.29) is 11.5 Å². The molecule has 0 radical (unpaired) electrons. The third kappa shape index (κ3) is 2.64. The third-order valence-electron chi connectivity index (χ3n) is 3.86. The number of aldehydes is 1. The normalized spacial score (nSPS) is 17.4. The maximum absolute atomic E-state index is 11.6. The van der Waals surface area contributed by atoms with Gasteiger partial charge in [0.25, 0.3) is 0 Å². The Kier molecular flexibility index (Phi) is 3.74. The molecule has 0 saturated carbocycles. The zero-order chi connectivity index (χ0) is 15.7. The molecule has 1 fully saturated rings. The fourth-order valence-electron chi connectivity index (χ4n) is 2.68. The highest BCUT2D eigenvalue weighted by atomic mass is 32.2. The molecule has 7 heteroatoms. The molecule has 22 heavy (non-hydrogen) atoms. The minimum absolute atomic E-state index is 0.0963. The van der Waals surface area contributed by atoms with Gasteiger partial charge in [-0.2, -0.15) is 0 Å². The first kappa shape index (κ1) is 14.8. The summed E-state index contributed by atoms with van der Waals surface area (Å²) in [6.45, 7) is 0.749. The third-order valence-corrected chi connectivity index (χ3v) is 5.47. The van der Waals surface area contributed by atoms with Crippen LogP contribution in [-0.2, 0) is 9.84 Å². The van der Waals surface area contributed by atoms with Gasteiger partial charge >= 0.3 is 0 Å². The first-order chi connectivity index (χ1) is 10.5. The Morgan fingerprint density at radius 2 is 2.00 bits per heavy atom. The smallest absolute Gasteiger partial charge is 0.153 e. The molecule has 1 saturated heterocycles. The first-order valence-corrected chi connectivity index (χ1v) is 8.73. The van der Waals surface area contributed by atoms with E-state index >= 15 is 0 Å². The monoisotopic (exact) mass is 320 g/mol. The number of nitrogens with zero attached hydrogens (tertiary/aromatic N) is 2. The predicted molar refractivity (Wildman–Crippen MR) is 84.5 cm³/mol. The van der Waals surface area contributed by atoms with E-state index in [0.717, 1.165) is 22.9 Å². The van der Waals surface area contributed by atoms with E-state index in [0.29, 0.717) is 24.4 Å². The Balaban J connectivity index is 2.15. The summed E-state index contributed by atoms with van der Waals surface area (Å²) in [6, 6.07) is 5.46. The van der Waals surface area contributed by atoms with Gasteiger partial charge in [-0.15, -0.1) is 0 Å². The zero-order valence-electron chi connectivity index (χ0n) is 12.2. The van der Waals surface area contributed by atoms with Crippen LogP contribution in [0.25, 0.3) is 10.9 Å². The van der Waals surface area contributed by atoms with Gasteiger partial charge in [0.15, 0.2) is 16.1 Å². The van der Waals surface area contributed by atoms with Crippen LogP contribution >= 0.6 is 0 Å². The van der Waals surface area contributed by atoms with Crippen molar-refractivity contribution in [2.45, 2.75) is 0 Å². The summed E-state index contributed by atoms with van der Waals surface area (Å²) in [5.74, 6) is 0.862. The van der Waals surface area contributed by atoms with Crippen LogP contribution in [0, 0.1) is 0 Å². The average molecular weight is 320 g/mol. The average Bonchev–Trinajstić information content (AvgIpc) is 2.53. The van der Waals surface area contributed by atoms with Gasteiger partial charge < -0.3 is 9.64 Å². The number of methoxy groups -OCH3 is 1. The molecule has 0 N–H and O–H groups in total. The predicted octanol–water partition coefficient (Wildman–Crippen LogP) is 1.29. The van der Waals surface area contributed by atoms with Crippen molar-refractivity contribution in [3.8, 4) is 5.75 Å². The molecule has 0 atom stereocenters. The summed E-state index contributed by atoms with van der Waals surface area (Å²) in [7, 11) is -1.40. The van der Waals surface area contributed by atoms with Crippen LogP contribution in [0.2, 0.25) is 0 Å². The number of fused-ring (bicyclic) bond motifs is 1. The summed E-state index contributed by atoms with van der Waals surface area (Å²) in [4.78, 5) is 17.6. The van der Waals surface area contributed by atoms with E-state index in [2.05, 4.69) is 4.98 Å². The van der Waals surface area contributed by atoms with Crippen molar-refractivity contribution in [1.82, 2.24) is 4.98 Å². The number of aromatic nitrogens is 1. The Morgan fingerprint density at radius 1 is 1.27 bits per heavy atom. The Bertz CT molecular complexity index is 819. The standard InChI is InChI=1S/C15H16N2O4S/c1-21-12-2-3-14-13(8-12)15(11(10-18)9-16-14)17-4-6-22(19,20)7-5-17/h2-3,8-10H,4-7H2,1H3. The molecule has 0 aliphatic carbocycles. The second-order valence-corrected chi connectivity index (χ2v) is 7.51. The molecule has 1 aromatic heterocycles. The van der Waals surface area contributed by atoms with Gasteiger partial charge in [0.1, 0.15) is 5.75 Å². The summed E-state index contributed by atoms with van der Waals surface area (Å²) < 4.78 is 28.5. The van der Waals surface area contributed by atoms with Crippen molar-refractivity contribution in [2.75, 3.05) is 36.6 Å². The first-order valence-electron chi connectivity index (χ1n) is 6.91. The summed E-state index contributed by atoms with van der Waals surface area (Å²) >= 11 is 0. The molecular formula is C15H16N2O4S. The maximum Gasteiger partial charge on any atom is 0.153 e. The van der Waals surface area contributed by atoms with Gasteiger partial charge in [-0.1, -0.05) is 0 Å². The Labute approximate surface area is 128 Å². The van der Waals surface area contributed by atoms with Crippen molar-refractivity contribution in [3.05, 3.63) is 30.0 Å². The summed E-state index contributed by atoms with van der Waals surface area (Å²) in [6.07, 6.45) is 2.28. The van der Waals surface area contributed by atoms with Gasteiger partial charge in [-0.25, -0.2) is 8.42 Å². The van der Waals surface area contributed by atoms with Gasteiger partial charge in [0.2, 0.25) is 0 Å². The molecule has 6 nitrogen and oxygen atoms in total. The van der Waals surface area contributed by atoms with Crippen LogP contribution in [-0.4, -0.2) is 51.4 Å². The molecule has 0 spiro atoms. The minimum Gasteiger partial charge on any atom is -0.497 e. The van der Waals surface area contributed by atoms with Crippen molar-refractivity contribution < 1.29 is 17.9 Å². The van der Waals surface area contributed by atoms with Crippen LogP contribution in [0.4, 0.5) is 5.69 Å². The quantitative estimate of drug-likeness (QED) is 0.793. The Morgan fingerprint density at radius 3 is 2.64 bits per heavy atom. The number of carbonyl (C=O) groups is 1. The molecule has 1 aliphatic rings. The molecular weight excluding hydrogens is 304 g/mol. The topological polar surface area (TPSA) is 76.6 Å². The molecule has 0 amide bonds. The molecule has 0 bridgehead atoms. The second-order valence-electron chi connectivity index (χ2n) is 5.20. The van der Waals surface area contributed by atoms with Crippen molar-refractivity contribution >= 4 is 32.7 Å². The lowest BCUT2D eigenvalue weighted by molar-refractivity contribution is 0.112. The molecule has 0 unspecified atom stereocenters. The molecule has 2 aromatic rings. The second kappa shape index (κ2) is 5.57. The Hall–Kier alpha value is -2.15. The van der Waals surface area contributed by atoms with Crippen LogP contribution in [0.1, 0.15) is 10.4 Å². The lowest BCUT2D eigenvalue weighted by atomic mass is 10.1. The molecule has 1 aromatic carbocycles. The van der Waals surface area contributed by atoms with Crippen LogP contribution < -0.4 is 9.64 Å². The summed E-state index contributed by atoms with van der Waals surface area (Å²) in [5.41, 5.74) is 1.93. The number of benzene rings is 1. The van der Waals surface area contributed by atoms with E-state index in [4.69, 9.17) is 4.74 Å². The minimum atomic E-state index is -2.98. The van der Waals surface area contributed by atoms with E-state index < -0.39 is 9.84 Å². The lowest BCUT2D eigenvalue weighted by Gasteiger charge is -2.30. The zero-order valence-corrected chi connectivity index (χ0v) is 13.0. The fraction of sp³-hybridized carbons (Fsp3) is 0.333. The van der Waals surface area contributed by atoms with Crippen molar-refractivity contribution in [2.24, 2.45) is 0 Å². The van der Waals surface area contributed by atoms with Crippen LogP contribution in [0.15, 0.2) is 24.4 Å². The van der Waals surface area contributed by atoms with E-state index in [1.165, 1.54) is 6.20 Å². The number of pyridine rings is 1. The fourth-order valence-corrected chi connectivity index (χ4v) is 3.88. The largest absolute Gasteiger partial charge is 0.497 e. The van der Waals surface area contributed by atoms with Crippen molar-refractivity contribution in [1.29, 1.82) is 0 Å². The van der Waals surface area contributed by atoms with E-state index in [9.17, 15) is 13.2 Å².